The Kier molecular flexibility index (Phi) is 5.76. The maximum absolute atomic E-state index is 12.6. The van der Waals surface area contributed by atoms with Gasteiger partial charge in [-0.1, -0.05) is 17.7 Å². The molecule has 27 heavy (non-hydrogen) atoms. The molecular weight excluding hydrogens is 368 g/mol. The van der Waals surface area contributed by atoms with Gasteiger partial charge in [0.2, 0.25) is 11.8 Å². The van der Waals surface area contributed by atoms with Gasteiger partial charge in [-0.15, -0.1) is 0 Å². The Hall–Kier alpha value is -2.86. The van der Waals surface area contributed by atoms with Gasteiger partial charge in [-0.3, -0.25) is 9.59 Å². The summed E-state index contributed by atoms with van der Waals surface area (Å²) < 4.78 is 4.96. The molecule has 6 nitrogen and oxygen atoms in total. The normalized spacial score (nSPS) is 16.3. The zero-order valence-corrected chi connectivity index (χ0v) is 15.5. The summed E-state index contributed by atoms with van der Waals surface area (Å²) in [6, 6.07) is 13.5. The number of anilines is 2. The van der Waals surface area contributed by atoms with E-state index in [0.717, 1.165) is 0 Å². The van der Waals surface area contributed by atoms with Gasteiger partial charge < -0.3 is 15.0 Å². The Bertz CT molecular complexity index is 867. The molecule has 0 aliphatic carbocycles. The first-order valence-corrected chi connectivity index (χ1v) is 8.99. The van der Waals surface area contributed by atoms with Crippen molar-refractivity contribution < 1.29 is 19.1 Å². The van der Waals surface area contributed by atoms with E-state index in [-0.39, 0.29) is 24.8 Å². The zero-order valence-electron chi connectivity index (χ0n) is 14.8. The molecule has 1 fully saturated rings. The van der Waals surface area contributed by atoms with Crippen LogP contribution in [0.15, 0.2) is 48.5 Å². The van der Waals surface area contributed by atoms with Gasteiger partial charge in [0.25, 0.3) is 0 Å². The number of rotatable bonds is 5. The number of benzene rings is 2. The summed E-state index contributed by atoms with van der Waals surface area (Å²) in [7, 11) is 0. The van der Waals surface area contributed by atoms with Crippen molar-refractivity contribution in [2.45, 2.75) is 13.3 Å². The third kappa shape index (κ3) is 4.46. The molecule has 0 aromatic heterocycles. The van der Waals surface area contributed by atoms with Crippen LogP contribution in [0.3, 0.4) is 0 Å². The molecule has 7 heteroatoms. The van der Waals surface area contributed by atoms with Crippen LogP contribution in [0.5, 0.6) is 0 Å². The smallest absolute Gasteiger partial charge is 0.338 e. The Morgan fingerprint density at radius 2 is 1.96 bits per heavy atom. The number of ether oxygens (including phenoxy) is 1. The molecule has 0 unspecified atom stereocenters. The van der Waals surface area contributed by atoms with Gasteiger partial charge in [-0.05, 0) is 49.4 Å². The van der Waals surface area contributed by atoms with Gasteiger partial charge in [0.1, 0.15) is 0 Å². The van der Waals surface area contributed by atoms with Crippen molar-refractivity contribution in [2.75, 3.05) is 23.4 Å². The van der Waals surface area contributed by atoms with Crippen LogP contribution in [0.1, 0.15) is 23.7 Å². The number of hydrogen-bond donors (Lipinski definition) is 1. The Morgan fingerprint density at radius 1 is 1.22 bits per heavy atom. The molecule has 2 aromatic carbocycles. The fourth-order valence-electron chi connectivity index (χ4n) is 2.94. The van der Waals surface area contributed by atoms with Gasteiger partial charge >= 0.3 is 5.97 Å². The van der Waals surface area contributed by atoms with E-state index in [0.29, 0.717) is 28.5 Å². The lowest BCUT2D eigenvalue weighted by Gasteiger charge is -2.17. The minimum Gasteiger partial charge on any atom is -0.462 e. The number of carbonyl (C=O) groups excluding carboxylic acids is 3. The second kappa shape index (κ2) is 8.22. The highest BCUT2D eigenvalue weighted by Gasteiger charge is 2.35. The Labute approximate surface area is 162 Å². The summed E-state index contributed by atoms with van der Waals surface area (Å²) in [6.07, 6.45) is 0.131. The summed E-state index contributed by atoms with van der Waals surface area (Å²) in [4.78, 5) is 38.3. The van der Waals surface area contributed by atoms with Crippen LogP contribution >= 0.6 is 11.6 Å². The third-order valence-corrected chi connectivity index (χ3v) is 4.53. The maximum Gasteiger partial charge on any atom is 0.338 e. The predicted molar refractivity (Wildman–Crippen MR) is 103 cm³/mol. The molecule has 0 radical (unpaired) electrons. The standard InChI is InChI=1S/C20H19ClN2O4/c1-2-27-20(26)13-4-3-5-16(10-13)22-19(25)14-11-18(24)23(12-14)17-8-6-15(21)7-9-17/h3-10,14H,2,11-12H2,1H3,(H,22,25)/t14-/m0/s1. The molecule has 1 heterocycles. The quantitative estimate of drug-likeness (QED) is 0.798. The summed E-state index contributed by atoms with van der Waals surface area (Å²) in [6.45, 7) is 2.30. The Morgan fingerprint density at radius 3 is 2.67 bits per heavy atom. The van der Waals surface area contributed by atoms with Crippen molar-refractivity contribution in [3.8, 4) is 0 Å². The van der Waals surface area contributed by atoms with E-state index in [9.17, 15) is 14.4 Å². The number of nitrogens with one attached hydrogen (secondary N) is 1. The fraction of sp³-hybridized carbons (Fsp3) is 0.250. The number of amides is 2. The topological polar surface area (TPSA) is 75.7 Å². The van der Waals surface area contributed by atoms with Gasteiger partial charge in [-0.25, -0.2) is 4.79 Å². The number of hydrogen-bond acceptors (Lipinski definition) is 4. The Balaban J connectivity index is 1.67. The van der Waals surface area contributed by atoms with E-state index in [1.807, 2.05) is 0 Å². The van der Waals surface area contributed by atoms with Crippen LogP contribution in [-0.2, 0) is 14.3 Å². The number of esters is 1. The van der Waals surface area contributed by atoms with Crippen LogP contribution in [0.4, 0.5) is 11.4 Å². The summed E-state index contributed by atoms with van der Waals surface area (Å²) >= 11 is 5.88. The molecule has 2 aromatic rings. The fourth-order valence-corrected chi connectivity index (χ4v) is 3.06. The average molecular weight is 387 g/mol. The van der Waals surface area contributed by atoms with Crippen molar-refractivity contribution in [3.63, 3.8) is 0 Å². The van der Waals surface area contributed by atoms with Crippen molar-refractivity contribution in [1.82, 2.24) is 0 Å². The molecule has 3 rings (SSSR count). The largest absolute Gasteiger partial charge is 0.462 e. The number of halogens is 1. The van der Waals surface area contributed by atoms with E-state index < -0.39 is 11.9 Å². The zero-order chi connectivity index (χ0) is 19.4. The minimum atomic E-state index is -0.473. The first kappa shape index (κ1) is 18.9. The molecule has 0 spiro atoms. The summed E-state index contributed by atoms with van der Waals surface area (Å²) in [5.41, 5.74) is 1.56. The van der Waals surface area contributed by atoms with Crippen LogP contribution in [0.2, 0.25) is 5.02 Å². The molecule has 140 valence electrons. The van der Waals surface area contributed by atoms with Gasteiger partial charge in [-0.2, -0.15) is 0 Å². The lowest BCUT2D eigenvalue weighted by molar-refractivity contribution is -0.122. The van der Waals surface area contributed by atoms with Crippen molar-refractivity contribution in [1.29, 1.82) is 0 Å². The van der Waals surface area contributed by atoms with Crippen molar-refractivity contribution in [3.05, 3.63) is 59.1 Å². The van der Waals surface area contributed by atoms with Crippen LogP contribution < -0.4 is 10.2 Å². The van der Waals surface area contributed by atoms with Crippen molar-refractivity contribution >= 4 is 40.8 Å². The number of nitrogens with zero attached hydrogens (tertiary/aromatic N) is 1. The van der Waals surface area contributed by atoms with Gasteiger partial charge in [0.05, 0.1) is 18.1 Å². The molecule has 2 amide bonds. The molecular formula is C20H19ClN2O4. The van der Waals surface area contributed by atoms with Gasteiger partial charge in [0.15, 0.2) is 0 Å². The highest BCUT2D eigenvalue weighted by atomic mass is 35.5. The highest BCUT2D eigenvalue weighted by Crippen LogP contribution is 2.27. The molecule has 1 N–H and O–H groups in total. The molecule has 0 saturated carbocycles. The minimum absolute atomic E-state index is 0.113. The lowest BCUT2D eigenvalue weighted by atomic mass is 10.1. The molecule has 1 aliphatic rings. The van der Waals surface area contributed by atoms with E-state index in [4.69, 9.17) is 16.3 Å². The molecule has 0 bridgehead atoms. The van der Waals surface area contributed by atoms with Crippen molar-refractivity contribution in [2.24, 2.45) is 5.92 Å². The van der Waals surface area contributed by atoms with E-state index in [1.165, 1.54) is 0 Å². The second-order valence-electron chi connectivity index (χ2n) is 6.17. The van der Waals surface area contributed by atoms with E-state index >= 15 is 0 Å². The molecule has 1 atom stereocenters. The highest BCUT2D eigenvalue weighted by molar-refractivity contribution is 6.30. The molecule has 1 aliphatic heterocycles. The van der Waals surface area contributed by atoms with Crippen LogP contribution in [-0.4, -0.2) is 30.9 Å². The van der Waals surface area contributed by atoms with Crippen LogP contribution in [0.25, 0.3) is 0 Å². The average Bonchev–Trinajstić information content (AvgIpc) is 3.05. The third-order valence-electron chi connectivity index (χ3n) is 4.28. The van der Waals surface area contributed by atoms with E-state index in [2.05, 4.69) is 5.32 Å². The monoisotopic (exact) mass is 386 g/mol. The van der Waals surface area contributed by atoms with Crippen LogP contribution in [0, 0.1) is 5.92 Å². The second-order valence-corrected chi connectivity index (χ2v) is 6.61. The molecule has 1 saturated heterocycles. The first-order chi connectivity index (χ1) is 13.0. The maximum atomic E-state index is 12.6. The summed E-state index contributed by atoms with van der Waals surface area (Å²) in [5.74, 6) is -1.29. The summed E-state index contributed by atoms with van der Waals surface area (Å²) in [5, 5.41) is 3.36. The van der Waals surface area contributed by atoms with E-state index in [1.54, 1.807) is 60.4 Å². The van der Waals surface area contributed by atoms with Gasteiger partial charge in [0, 0.05) is 29.4 Å². The SMILES string of the molecule is CCOC(=O)c1cccc(NC(=O)[C@H]2CC(=O)N(c3ccc(Cl)cc3)C2)c1. The predicted octanol–water partition coefficient (Wildman–Crippen LogP) is 3.51. The number of carbonyl (C=O) groups is 3. The first-order valence-electron chi connectivity index (χ1n) is 8.62. The lowest BCUT2D eigenvalue weighted by Crippen LogP contribution is -2.28.